The van der Waals surface area contributed by atoms with Gasteiger partial charge in [-0.3, -0.25) is 14.5 Å². The van der Waals surface area contributed by atoms with Crippen molar-refractivity contribution in [2.45, 2.75) is 12.5 Å². The molecule has 1 aromatic rings. The number of carbonyl (C=O) groups is 3. The Hall–Kier alpha value is -2.51. The number of carbonyl (C=O) groups excluding carboxylic acids is 2. The quantitative estimate of drug-likeness (QED) is 0.753. The number of carboxylic acid groups (broad SMARTS) is 1. The van der Waals surface area contributed by atoms with Crippen molar-refractivity contribution >= 4 is 23.6 Å². The van der Waals surface area contributed by atoms with E-state index in [4.69, 9.17) is 5.11 Å². The summed E-state index contributed by atoms with van der Waals surface area (Å²) >= 11 is 0. The van der Waals surface area contributed by atoms with Gasteiger partial charge < -0.3 is 10.4 Å². The van der Waals surface area contributed by atoms with Gasteiger partial charge in [0.05, 0.1) is 6.42 Å². The Morgan fingerprint density at radius 2 is 2.26 bits per heavy atom. The van der Waals surface area contributed by atoms with Crippen molar-refractivity contribution in [1.29, 1.82) is 0 Å². The highest BCUT2D eigenvalue weighted by Crippen LogP contribution is 2.20. The fourth-order valence-electron chi connectivity index (χ4n) is 1.74. The fraction of sp³-hybridized carbons (Fsp3) is 0.273. The maximum Gasteiger partial charge on any atom is 0.338 e. The molecule has 0 aromatic carbocycles. The van der Waals surface area contributed by atoms with Crippen LogP contribution in [0.5, 0.6) is 0 Å². The third-order valence-corrected chi connectivity index (χ3v) is 2.81. The van der Waals surface area contributed by atoms with Gasteiger partial charge in [-0.05, 0) is 6.07 Å². The molecule has 1 atom stereocenters. The Morgan fingerprint density at radius 3 is 2.79 bits per heavy atom. The average Bonchev–Trinajstić information content (AvgIpc) is 2.59. The second kappa shape index (κ2) is 4.63. The van der Waals surface area contributed by atoms with Gasteiger partial charge in [0.15, 0.2) is 11.6 Å². The number of hydrogen-bond donors (Lipinski definition) is 2. The summed E-state index contributed by atoms with van der Waals surface area (Å²) in [5.41, 5.74) is -0.553. The van der Waals surface area contributed by atoms with E-state index in [1.807, 2.05) is 0 Å². The molecule has 0 spiro atoms. The summed E-state index contributed by atoms with van der Waals surface area (Å²) in [6.45, 7) is 0. The first-order valence-corrected chi connectivity index (χ1v) is 5.36. The number of halogens is 1. The first-order chi connectivity index (χ1) is 8.91. The molecule has 0 bridgehead atoms. The van der Waals surface area contributed by atoms with E-state index < -0.39 is 35.2 Å². The zero-order valence-corrected chi connectivity index (χ0v) is 9.88. The molecule has 0 radical (unpaired) electrons. The third-order valence-electron chi connectivity index (χ3n) is 2.81. The lowest BCUT2D eigenvalue weighted by Gasteiger charge is -2.12. The van der Waals surface area contributed by atoms with Crippen LogP contribution in [0.25, 0.3) is 0 Å². The van der Waals surface area contributed by atoms with Crippen LogP contribution >= 0.6 is 0 Å². The number of likely N-dealkylation sites (tertiary alicyclic amines) is 1. The Balaban J connectivity index is 2.26. The number of aromatic nitrogens is 1. The van der Waals surface area contributed by atoms with E-state index in [9.17, 15) is 18.8 Å². The first kappa shape index (κ1) is 12.9. The lowest BCUT2D eigenvalue weighted by atomic mass is 10.2. The molecule has 100 valence electrons. The largest absolute Gasteiger partial charge is 0.478 e. The second-order valence-corrected chi connectivity index (χ2v) is 4.02. The van der Waals surface area contributed by atoms with E-state index in [-0.39, 0.29) is 12.2 Å². The van der Waals surface area contributed by atoms with Crippen LogP contribution in [-0.4, -0.2) is 45.9 Å². The van der Waals surface area contributed by atoms with E-state index >= 15 is 0 Å². The molecule has 2 amide bonds. The molecule has 2 rings (SSSR count). The minimum absolute atomic E-state index is 0.117. The van der Waals surface area contributed by atoms with Gasteiger partial charge in [-0.1, -0.05) is 0 Å². The smallest absolute Gasteiger partial charge is 0.338 e. The van der Waals surface area contributed by atoms with Gasteiger partial charge in [0, 0.05) is 13.2 Å². The number of likely N-dealkylation sites (N-methyl/N-ethyl adjacent to an activating group) is 1. The Kier molecular flexibility index (Phi) is 3.16. The summed E-state index contributed by atoms with van der Waals surface area (Å²) < 4.78 is 13.8. The maximum absolute atomic E-state index is 13.8. The van der Waals surface area contributed by atoms with Gasteiger partial charge >= 0.3 is 5.97 Å². The molecule has 1 aliphatic rings. The molecule has 2 heterocycles. The number of nitrogens with zero attached hydrogens (tertiary/aromatic N) is 2. The van der Waals surface area contributed by atoms with E-state index in [0.29, 0.717) is 0 Å². The molecule has 19 heavy (non-hydrogen) atoms. The Bertz CT molecular complexity index is 575. The minimum atomic E-state index is -1.44. The topological polar surface area (TPSA) is 99.6 Å². The van der Waals surface area contributed by atoms with Crippen LogP contribution in [0, 0.1) is 5.82 Å². The molecule has 0 saturated carbocycles. The molecule has 7 nitrogen and oxygen atoms in total. The van der Waals surface area contributed by atoms with Gasteiger partial charge in [-0.25, -0.2) is 14.2 Å². The van der Waals surface area contributed by atoms with Crippen molar-refractivity contribution in [3.8, 4) is 0 Å². The molecule has 1 fully saturated rings. The summed E-state index contributed by atoms with van der Waals surface area (Å²) in [5.74, 6) is -3.76. The van der Waals surface area contributed by atoms with Gasteiger partial charge in [0.2, 0.25) is 5.91 Å². The Morgan fingerprint density at radius 1 is 1.58 bits per heavy atom. The lowest BCUT2D eigenvalue weighted by molar-refractivity contribution is -0.136. The summed E-state index contributed by atoms with van der Waals surface area (Å²) in [6, 6.07) is 0.0832. The number of rotatable bonds is 3. The van der Waals surface area contributed by atoms with Crippen molar-refractivity contribution < 1.29 is 23.9 Å². The first-order valence-electron chi connectivity index (χ1n) is 5.36. The lowest BCUT2D eigenvalue weighted by Crippen LogP contribution is -2.32. The molecule has 1 saturated heterocycles. The highest BCUT2D eigenvalue weighted by Gasteiger charge is 2.36. The summed E-state index contributed by atoms with van der Waals surface area (Å²) in [4.78, 5) is 38.2. The third kappa shape index (κ3) is 2.24. The number of imide groups is 1. The molecular formula is C11H10FN3O4. The van der Waals surface area contributed by atoms with Crippen LogP contribution in [-0.2, 0) is 9.59 Å². The summed E-state index contributed by atoms with van der Waals surface area (Å²) in [5, 5.41) is 11.2. The van der Waals surface area contributed by atoms with Crippen LogP contribution in [0.3, 0.4) is 0 Å². The van der Waals surface area contributed by atoms with Gasteiger partial charge in [-0.15, -0.1) is 0 Å². The van der Waals surface area contributed by atoms with Crippen molar-refractivity contribution in [1.82, 2.24) is 9.88 Å². The zero-order valence-electron chi connectivity index (χ0n) is 9.88. The number of aromatic carboxylic acids is 1. The van der Waals surface area contributed by atoms with Crippen LogP contribution in [0.4, 0.5) is 10.2 Å². The number of nitrogens with one attached hydrogen (secondary N) is 1. The normalized spacial score (nSPS) is 18.8. The number of carboxylic acids is 1. The SMILES string of the molecule is CN1C(=O)CC(Nc2nccc(C(=O)O)c2F)C1=O. The summed E-state index contributed by atoms with van der Waals surface area (Å²) in [7, 11) is 1.32. The number of hydrogen-bond acceptors (Lipinski definition) is 5. The van der Waals surface area contributed by atoms with Crippen LogP contribution in [0.15, 0.2) is 12.3 Å². The predicted octanol–water partition coefficient (Wildman–Crippen LogP) is 0.0881. The number of amides is 2. The molecular weight excluding hydrogens is 257 g/mol. The second-order valence-electron chi connectivity index (χ2n) is 4.02. The van der Waals surface area contributed by atoms with Crippen LogP contribution in [0.1, 0.15) is 16.8 Å². The molecule has 1 aliphatic heterocycles. The average molecular weight is 267 g/mol. The highest BCUT2D eigenvalue weighted by molar-refractivity contribution is 6.06. The predicted molar refractivity (Wildman–Crippen MR) is 61.0 cm³/mol. The Labute approximate surface area is 107 Å². The van der Waals surface area contributed by atoms with Gasteiger partial charge in [-0.2, -0.15) is 0 Å². The van der Waals surface area contributed by atoms with E-state index in [0.717, 1.165) is 17.2 Å². The maximum atomic E-state index is 13.8. The molecule has 0 aliphatic carbocycles. The standard InChI is InChI=1S/C11H10FN3O4/c1-15-7(16)4-6(10(15)17)14-9-8(12)5(11(18)19)2-3-13-9/h2-3,6H,4H2,1H3,(H,13,14)(H,18,19). The monoisotopic (exact) mass is 267 g/mol. The number of anilines is 1. The van der Waals surface area contributed by atoms with Crippen LogP contribution < -0.4 is 5.32 Å². The van der Waals surface area contributed by atoms with E-state index in [1.165, 1.54) is 7.05 Å². The molecule has 1 aromatic heterocycles. The van der Waals surface area contributed by atoms with Gasteiger partial charge in [0.25, 0.3) is 5.91 Å². The zero-order chi connectivity index (χ0) is 14.2. The highest BCUT2D eigenvalue weighted by atomic mass is 19.1. The fourth-order valence-corrected chi connectivity index (χ4v) is 1.74. The summed E-state index contributed by atoms with van der Waals surface area (Å²) in [6.07, 6.45) is 0.994. The minimum Gasteiger partial charge on any atom is -0.478 e. The van der Waals surface area contributed by atoms with Crippen molar-refractivity contribution in [2.24, 2.45) is 0 Å². The van der Waals surface area contributed by atoms with E-state index in [1.54, 1.807) is 0 Å². The van der Waals surface area contributed by atoms with Crippen molar-refractivity contribution in [2.75, 3.05) is 12.4 Å². The van der Waals surface area contributed by atoms with Gasteiger partial charge in [0.1, 0.15) is 11.6 Å². The molecule has 1 unspecified atom stereocenters. The van der Waals surface area contributed by atoms with Crippen LogP contribution in [0.2, 0.25) is 0 Å². The van der Waals surface area contributed by atoms with Crippen molar-refractivity contribution in [3.63, 3.8) is 0 Å². The van der Waals surface area contributed by atoms with Crippen molar-refractivity contribution in [3.05, 3.63) is 23.6 Å². The number of pyridine rings is 1. The van der Waals surface area contributed by atoms with E-state index in [2.05, 4.69) is 10.3 Å². The molecule has 2 N–H and O–H groups in total. The molecule has 8 heteroatoms.